The first-order chi connectivity index (χ1) is 9.98. The first kappa shape index (κ1) is 15.4. The van der Waals surface area contributed by atoms with E-state index in [0.717, 1.165) is 25.9 Å². The maximum absolute atomic E-state index is 12.0. The molecule has 6 heteroatoms. The van der Waals surface area contributed by atoms with E-state index in [-0.39, 0.29) is 23.4 Å². The van der Waals surface area contributed by atoms with Gasteiger partial charge in [-0.15, -0.1) is 0 Å². The minimum absolute atomic E-state index is 0.0191. The Labute approximate surface area is 124 Å². The second kappa shape index (κ2) is 6.67. The molecular weight excluding hydrogens is 270 g/mol. The first-order valence-corrected chi connectivity index (χ1v) is 7.19. The fraction of sp³-hybridized carbons (Fsp3) is 0.533. The van der Waals surface area contributed by atoms with Gasteiger partial charge in [-0.2, -0.15) is 0 Å². The van der Waals surface area contributed by atoms with Crippen LogP contribution in [0.5, 0.6) is 0 Å². The average Bonchev–Trinajstić information content (AvgIpc) is 2.46. The summed E-state index contributed by atoms with van der Waals surface area (Å²) >= 11 is 0. The number of piperidine rings is 1. The van der Waals surface area contributed by atoms with Crippen LogP contribution in [0.4, 0.5) is 5.69 Å². The zero-order valence-corrected chi connectivity index (χ0v) is 12.2. The maximum Gasteiger partial charge on any atom is 0.269 e. The Bertz CT molecular complexity index is 525. The Morgan fingerprint density at radius 2 is 2.14 bits per heavy atom. The molecule has 1 aliphatic heterocycles. The van der Waals surface area contributed by atoms with Crippen molar-refractivity contribution >= 4 is 11.6 Å². The first-order valence-electron chi connectivity index (χ1n) is 7.19. The number of nitro groups is 1. The van der Waals surface area contributed by atoms with Crippen LogP contribution in [-0.4, -0.2) is 30.5 Å². The van der Waals surface area contributed by atoms with E-state index in [9.17, 15) is 14.9 Å². The van der Waals surface area contributed by atoms with Crippen molar-refractivity contribution in [3.05, 3.63) is 39.9 Å². The van der Waals surface area contributed by atoms with Crippen molar-refractivity contribution in [1.82, 2.24) is 10.6 Å². The fourth-order valence-electron chi connectivity index (χ4n) is 2.55. The van der Waals surface area contributed by atoms with Gasteiger partial charge in [0, 0.05) is 18.7 Å². The summed E-state index contributed by atoms with van der Waals surface area (Å²) in [6.45, 7) is 4.80. The highest BCUT2D eigenvalue weighted by Crippen LogP contribution is 2.26. The van der Waals surface area contributed by atoms with Gasteiger partial charge < -0.3 is 10.6 Å². The lowest BCUT2D eigenvalue weighted by atomic mass is 9.81. The van der Waals surface area contributed by atoms with Crippen molar-refractivity contribution < 1.29 is 9.72 Å². The highest BCUT2D eigenvalue weighted by molar-refractivity contribution is 5.78. The van der Waals surface area contributed by atoms with Crippen molar-refractivity contribution in [2.24, 2.45) is 5.41 Å². The number of carbonyl (C=O) groups excluding carboxylic acids is 1. The third-order valence-electron chi connectivity index (χ3n) is 4.01. The second-order valence-corrected chi connectivity index (χ2v) is 5.94. The molecular formula is C15H21N3O3. The molecule has 1 aromatic carbocycles. The summed E-state index contributed by atoms with van der Waals surface area (Å²) in [7, 11) is 0. The summed E-state index contributed by atoms with van der Waals surface area (Å²) in [6.07, 6.45) is 2.27. The number of carbonyl (C=O) groups is 1. The Morgan fingerprint density at radius 1 is 1.43 bits per heavy atom. The second-order valence-electron chi connectivity index (χ2n) is 5.94. The third-order valence-corrected chi connectivity index (χ3v) is 4.01. The van der Waals surface area contributed by atoms with E-state index in [4.69, 9.17) is 0 Å². The monoisotopic (exact) mass is 291 g/mol. The summed E-state index contributed by atoms with van der Waals surface area (Å²) in [6, 6.07) is 6.22. The van der Waals surface area contributed by atoms with Gasteiger partial charge in [-0.05, 0) is 36.9 Å². The van der Waals surface area contributed by atoms with Gasteiger partial charge in [-0.25, -0.2) is 0 Å². The molecule has 0 spiro atoms. The van der Waals surface area contributed by atoms with Crippen LogP contribution in [0.1, 0.15) is 25.3 Å². The highest BCUT2D eigenvalue weighted by Gasteiger charge is 2.26. The minimum Gasteiger partial charge on any atom is -0.355 e. The van der Waals surface area contributed by atoms with Crippen LogP contribution in [0.3, 0.4) is 0 Å². The predicted molar refractivity (Wildman–Crippen MR) is 80.0 cm³/mol. The molecule has 1 aromatic rings. The topological polar surface area (TPSA) is 84.3 Å². The van der Waals surface area contributed by atoms with Crippen LogP contribution in [-0.2, 0) is 11.2 Å². The van der Waals surface area contributed by atoms with Crippen molar-refractivity contribution in [2.75, 3.05) is 19.6 Å². The van der Waals surface area contributed by atoms with Gasteiger partial charge in [0.1, 0.15) is 0 Å². The molecule has 0 aromatic heterocycles. The maximum atomic E-state index is 12.0. The van der Waals surface area contributed by atoms with Crippen LogP contribution in [0.2, 0.25) is 0 Å². The number of nitrogens with one attached hydrogen (secondary N) is 2. The smallest absolute Gasteiger partial charge is 0.269 e. The number of amides is 1. The largest absolute Gasteiger partial charge is 0.355 e. The highest BCUT2D eigenvalue weighted by atomic mass is 16.6. The van der Waals surface area contributed by atoms with Gasteiger partial charge in [0.2, 0.25) is 5.91 Å². The molecule has 1 aliphatic rings. The van der Waals surface area contributed by atoms with Crippen LogP contribution < -0.4 is 10.6 Å². The van der Waals surface area contributed by atoms with Gasteiger partial charge >= 0.3 is 0 Å². The molecule has 0 saturated carbocycles. The number of non-ortho nitro benzene ring substituents is 1. The summed E-state index contributed by atoms with van der Waals surface area (Å²) in [4.78, 5) is 22.2. The molecule has 1 fully saturated rings. The summed E-state index contributed by atoms with van der Waals surface area (Å²) in [5.41, 5.74) is 0.826. The van der Waals surface area contributed by atoms with E-state index in [1.165, 1.54) is 12.1 Å². The standard InChI is InChI=1S/C15H21N3O3/c1-15(5-7-16-8-6-15)11-17-14(19)10-12-3-2-4-13(9-12)18(20)21/h2-4,9,16H,5-8,10-11H2,1H3,(H,17,19). The number of benzene rings is 1. The molecule has 1 heterocycles. The van der Waals surface area contributed by atoms with E-state index < -0.39 is 4.92 Å². The molecule has 21 heavy (non-hydrogen) atoms. The Morgan fingerprint density at radius 3 is 2.81 bits per heavy atom. The molecule has 0 bridgehead atoms. The lowest BCUT2D eigenvalue weighted by Crippen LogP contribution is -2.43. The molecule has 1 saturated heterocycles. The van der Waals surface area contributed by atoms with Gasteiger partial charge in [0.15, 0.2) is 0 Å². The van der Waals surface area contributed by atoms with E-state index in [0.29, 0.717) is 12.1 Å². The van der Waals surface area contributed by atoms with E-state index in [1.807, 2.05) is 0 Å². The molecule has 1 amide bonds. The molecule has 2 rings (SSSR count). The molecule has 6 nitrogen and oxygen atoms in total. The predicted octanol–water partition coefficient (Wildman–Crippen LogP) is 1.64. The molecule has 0 radical (unpaired) electrons. The zero-order valence-electron chi connectivity index (χ0n) is 12.2. The van der Waals surface area contributed by atoms with E-state index in [1.54, 1.807) is 12.1 Å². The number of nitrogens with zero attached hydrogens (tertiary/aromatic N) is 1. The number of hydrogen-bond donors (Lipinski definition) is 2. The molecule has 2 N–H and O–H groups in total. The van der Waals surface area contributed by atoms with Gasteiger partial charge in [0.25, 0.3) is 5.69 Å². The van der Waals surface area contributed by atoms with E-state index in [2.05, 4.69) is 17.6 Å². The van der Waals surface area contributed by atoms with Crippen molar-refractivity contribution in [3.8, 4) is 0 Å². The van der Waals surface area contributed by atoms with Crippen molar-refractivity contribution in [2.45, 2.75) is 26.2 Å². The summed E-state index contributed by atoms with van der Waals surface area (Å²) in [5, 5.41) is 17.0. The van der Waals surface area contributed by atoms with Gasteiger partial charge in [0.05, 0.1) is 11.3 Å². The Kier molecular flexibility index (Phi) is 4.90. The minimum atomic E-state index is -0.447. The van der Waals surface area contributed by atoms with Crippen LogP contribution in [0.25, 0.3) is 0 Å². The molecule has 0 atom stereocenters. The van der Waals surface area contributed by atoms with Crippen molar-refractivity contribution in [3.63, 3.8) is 0 Å². The van der Waals surface area contributed by atoms with Gasteiger partial charge in [-0.3, -0.25) is 14.9 Å². The molecule has 0 unspecified atom stereocenters. The number of rotatable bonds is 5. The zero-order chi connectivity index (χ0) is 15.3. The van der Waals surface area contributed by atoms with Crippen LogP contribution >= 0.6 is 0 Å². The third kappa shape index (κ3) is 4.53. The number of nitro benzene ring substituents is 1. The fourth-order valence-corrected chi connectivity index (χ4v) is 2.55. The van der Waals surface area contributed by atoms with Crippen molar-refractivity contribution in [1.29, 1.82) is 0 Å². The molecule has 114 valence electrons. The Balaban J connectivity index is 1.87. The lowest BCUT2D eigenvalue weighted by Gasteiger charge is -2.34. The van der Waals surface area contributed by atoms with Gasteiger partial charge in [-0.1, -0.05) is 19.1 Å². The summed E-state index contributed by atoms with van der Waals surface area (Å²) in [5.74, 6) is -0.0877. The van der Waals surface area contributed by atoms with E-state index >= 15 is 0 Å². The Hall–Kier alpha value is -1.95. The SMILES string of the molecule is CC1(CNC(=O)Cc2cccc([N+](=O)[O-])c2)CCNCC1. The lowest BCUT2D eigenvalue weighted by molar-refractivity contribution is -0.384. The average molecular weight is 291 g/mol. The molecule has 0 aliphatic carbocycles. The van der Waals surface area contributed by atoms with Crippen LogP contribution in [0.15, 0.2) is 24.3 Å². The quantitative estimate of drug-likeness (QED) is 0.638. The van der Waals surface area contributed by atoms with Crippen LogP contribution in [0, 0.1) is 15.5 Å². The summed E-state index contributed by atoms with van der Waals surface area (Å²) < 4.78 is 0. The normalized spacial score (nSPS) is 17.2. The number of hydrogen-bond acceptors (Lipinski definition) is 4.